The van der Waals surface area contributed by atoms with Gasteiger partial charge in [0.1, 0.15) is 0 Å². The number of para-hydroxylation sites is 1. The number of alkyl halides is 3. The highest BCUT2D eigenvalue weighted by molar-refractivity contribution is 6.05. The number of nitrogens with zero attached hydrogens (tertiary/aromatic N) is 2. The van der Waals surface area contributed by atoms with E-state index in [1.165, 1.54) is 24.1 Å². The van der Waals surface area contributed by atoms with Gasteiger partial charge in [0.15, 0.2) is 0 Å². The van der Waals surface area contributed by atoms with Crippen LogP contribution in [0.15, 0.2) is 54.6 Å². The quantitative estimate of drug-likeness (QED) is 0.731. The number of anilines is 1. The molecule has 0 saturated carbocycles. The highest BCUT2D eigenvalue weighted by atomic mass is 19.4. The molecule has 2 aromatic carbocycles. The van der Waals surface area contributed by atoms with Gasteiger partial charge in [0.25, 0.3) is 0 Å². The Bertz CT molecular complexity index is 947. The number of nitrogens with one attached hydrogen (secondary N) is 1. The highest BCUT2D eigenvalue weighted by Gasteiger charge is 2.41. The van der Waals surface area contributed by atoms with E-state index in [9.17, 15) is 27.6 Å². The molecule has 1 atom stereocenters. The Morgan fingerprint density at radius 3 is 2.40 bits per heavy atom. The van der Waals surface area contributed by atoms with Crippen LogP contribution in [-0.4, -0.2) is 47.2 Å². The molecule has 1 fully saturated rings. The van der Waals surface area contributed by atoms with Crippen molar-refractivity contribution in [3.05, 3.63) is 65.7 Å². The molecular weight excluding hydrogens is 399 g/mol. The van der Waals surface area contributed by atoms with Crippen LogP contribution in [0.1, 0.15) is 17.5 Å². The smallest absolute Gasteiger partial charge is 0.324 e. The van der Waals surface area contributed by atoms with Gasteiger partial charge in [0.2, 0.25) is 17.7 Å². The Kier molecular flexibility index (Phi) is 6.21. The van der Waals surface area contributed by atoms with Crippen molar-refractivity contribution in [2.45, 2.75) is 25.2 Å². The second kappa shape index (κ2) is 8.66. The van der Waals surface area contributed by atoms with Gasteiger partial charge >= 0.3 is 6.18 Å². The van der Waals surface area contributed by atoms with Gasteiger partial charge in [-0.25, -0.2) is 0 Å². The Morgan fingerprint density at radius 2 is 1.73 bits per heavy atom. The van der Waals surface area contributed by atoms with Gasteiger partial charge < -0.3 is 5.32 Å². The Labute approximate surface area is 171 Å². The van der Waals surface area contributed by atoms with Crippen molar-refractivity contribution in [1.29, 1.82) is 0 Å². The fraction of sp³-hybridized carbons (Fsp3) is 0.286. The number of carbonyl (C=O) groups excluding carboxylic acids is 3. The van der Waals surface area contributed by atoms with Crippen LogP contribution in [0.2, 0.25) is 0 Å². The number of imide groups is 1. The summed E-state index contributed by atoms with van der Waals surface area (Å²) in [7, 11) is 1.48. The first-order valence-corrected chi connectivity index (χ1v) is 9.21. The van der Waals surface area contributed by atoms with Crippen molar-refractivity contribution in [3.63, 3.8) is 0 Å². The summed E-state index contributed by atoms with van der Waals surface area (Å²) in [5.74, 6) is -1.51. The maximum absolute atomic E-state index is 13.1. The average Bonchev–Trinajstić information content (AvgIpc) is 2.96. The second-order valence-electron chi connectivity index (χ2n) is 7.03. The van der Waals surface area contributed by atoms with Crippen LogP contribution in [0.5, 0.6) is 0 Å². The van der Waals surface area contributed by atoms with Gasteiger partial charge in [-0.15, -0.1) is 0 Å². The van der Waals surface area contributed by atoms with Gasteiger partial charge in [0, 0.05) is 0 Å². The zero-order valence-corrected chi connectivity index (χ0v) is 16.1. The topological polar surface area (TPSA) is 69.7 Å². The van der Waals surface area contributed by atoms with E-state index in [0.29, 0.717) is 0 Å². The van der Waals surface area contributed by atoms with E-state index >= 15 is 0 Å². The Morgan fingerprint density at radius 1 is 1.10 bits per heavy atom. The fourth-order valence-corrected chi connectivity index (χ4v) is 3.31. The molecule has 30 heavy (non-hydrogen) atoms. The Balaban J connectivity index is 1.64. The molecule has 158 valence electrons. The summed E-state index contributed by atoms with van der Waals surface area (Å²) in [4.78, 5) is 39.8. The molecule has 1 saturated heterocycles. The van der Waals surface area contributed by atoms with E-state index in [0.717, 1.165) is 22.6 Å². The predicted octanol–water partition coefficient (Wildman–Crippen LogP) is 2.90. The molecule has 0 spiro atoms. The maximum Gasteiger partial charge on any atom is 0.418 e. The zero-order chi connectivity index (χ0) is 21.9. The molecule has 3 rings (SSSR count). The molecule has 1 aliphatic heterocycles. The first-order valence-electron chi connectivity index (χ1n) is 9.21. The van der Waals surface area contributed by atoms with Crippen molar-refractivity contribution in [2.24, 2.45) is 0 Å². The van der Waals surface area contributed by atoms with Crippen LogP contribution in [0, 0.1) is 0 Å². The summed E-state index contributed by atoms with van der Waals surface area (Å²) in [6, 6.07) is 12.8. The van der Waals surface area contributed by atoms with Gasteiger partial charge in [-0.05, 0) is 24.7 Å². The summed E-state index contributed by atoms with van der Waals surface area (Å²) < 4.78 is 39.2. The molecule has 9 heteroatoms. The standard InChI is InChI=1S/C21H20F3N3O3/c1-26(13-18(28)25-16-10-6-5-9-15(16)21(22,23)24)17-11-19(29)27(20(17)30)12-14-7-3-2-4-8-14/h2-10,17H,11-13H2,1H3,(H,25,28). The molecular formula is C21H20F3N3O3. The van der Waals surface area contributed by atoms with Crippen molar-refractivity contribution in [2.75, 3.05) is 18.9 Å². The predicted molar refractivity (Wildman–Crippen MR) is 103 cm³/mol. The van der Waals surface area contributed by atoms with E-state index < -0.39 is 29.6 Å². The van der Waals surface area contributed by atoms with Gasteiger partial charge in [-0.2, -0.15) is 13.2 Å². The van der Waals surface area contributed by atoms with Crippen molar-refractivity contribution in [1.82, 2.24) is 9.80 Å². The lowest BCUT2D eigenvalue weighted by Gasteiger charge is -2.23. The molecule has 1 N–H and O–H groups in total. The van der Waals surface area contributed by atoms with Gasteiger partial charge in [-0.1, -0.05) is 42.5 Å². The summed E-state index contributed by atoms with van der Waals surface area (Å²) in [6.45, 7) is -0.205. The van der Waals surface area contributed by atoms with E-state index in [2.05, 4.69) is 5.32 Å². The molecule has 1 aliphatic rings. The van der Waals surface area contributed by atoms with E-state index in [-0.39, 0.29) is 31.1 Å². The molecule has 1 heterocycles. The van der Waals surface area contributed by atoms with Gasteiger partial charge in [-0.3, -0.25) is 24.2 Å². The van der Waals surface area contributed by atoms with Crippen LogP contribution in [0.3, 0.4) is 0 Å². The fourth-order valence-electron chi connectivity index (χ4n) is 3.31. The maximum atomic E-state index is 13.1. The number of amides is 3. The number of hydrogen-bond acceptors (Lipinski definition) is 4. The largest absolute Gasteiger partial charge is 0.418 e. The number of rotatable bonds is 6. The molecule has 0 aromatic heterocycles. The van der Waals surface area contributed by atoms with Crippen LogP contribution >= 0.6 is 0 Å². The average molecular weight is 419 g/mol. The summed E-state index contributed by atoms with van der Waals surface area (Å²) in [5.41, 5.74) is -0.519. The summed E-state index contributed by atoms with van der Waals surface area (Å²) >= 11 is 0. The highest BCUT2D eigenvalue weighted by Crippen LogP contribution is 2.34. The third-order valence-electron chi connectivity index (χ3n) is 4.84. The van der Waals surface area contributed by atoms with Crippen LogP contribution in [0.4, 0.5) is 18.9 Å². The first-order chi connectivity index (χ1) is 14.2. The minimum Gasteiger partial charge on any atom is -0.324 e. The number of likely N-dealkylation sites (tertiary alicyclic amines) is 1. The monoisotopic (exact) mass is 419 g/mol. The van der Waals surface area contributed by atoms with E-state index in [1.54, 1.807) is 24.3 Å². The SMILES string of the molecule is CN(CC(=O)Nc1ccccc1C(F)(F)F)C1CC(=O)N(Cc2ccccc2)C1=O. The van der Waals surface area contributed by atoms with Crippen molar-refractivity contribution < 1.29 is 27.6 Å². The minimum absolute atomic E-state index is 0.0887. The molecule has 3 amide bonds. The molecule has 2 aromatic rings. The van der Waals surface area contributed by atoms with E-state index in [4.69, 9.17) is 0 Å². The second-order valence-corrected chi connectivity index (χ2v) is 7.03. The van der Waals surface area contributed by atoms with Crippen LogP contribution in [0.25, 0.3) is 0 Å². The minimum atomic E-state index is -4.61. The zero-order valence-electron chi connectivity index (χ0n) is 16.1. The number of benzene rings is 2. The van der Waals surface area contributed by atoms with Crippen LogP contribution < -0.4 is 5.32 Å². The third-order valence-corrected chi connectivity index (χ3v) is 4.84. The number of halogens is 3. The lowest BCUT2D eigenvalue weighted by Crippen LogP contribution is -2.43. The molecule has 1 unspecified atom stereocenters. The molecule has 6 nitrogen and oxygen atoms in total. The lowest BCUT2D eigenvalue weighted by molar-refractivity contribution is -0.140. The summed E-state index contributed by atoms with van der Waals surface area (Å²) in [6.07, 6.45) is -4.70. The number of likely N-dealkylation sites (N-methyl/N-ethyl adjacent to an activating group) is 1. The number of hydrogen-bond donors (Lipinski definition) is 1. The van der Waals surface area contributed by atoms with Crippen molar-refractivity contribution >= 4 is 23.4 Å². The molecule has 0 bridgehead atoms. The van der Waals surface area contributed by atoms with E-state index in [1.807, 2.05) is 6.07 Å². The molecule has 0 radical (unpaired) electrons. The number of carbonyl (C=O) groups is 3. The first kappa shape index (κ1) is 21.5. The third kappa shape index (κ3) is 4.85. The summed E-state index contributed by atoms with van der Waals surface area (Å²) in [5, 5.41) is 2.24. The lowest BCUT2D eigenvalue weighted by atomic mass is 10.1. The Hall–Kier alpha value is -3.20. The van der Waals surface area contributed by atoms with Crippen molar-refractivity contribution in [3.8, 4) is 0 Å². The van der Waals surface area contributed by atoms with Crippen LogP contribution in [-0.2, 0) is 27.1 Å². The molecule has 0 aliphatic carbocycles. The van der Waals surface area contributed by atoms with Gasteiger partial charge in [0.05, 0.1) is 36.8 Å². The normalized spacial score (nSPS) is 17.0.